The minimum absolute atomic E-state index is 0. The summed E-state index contributed by atoms with van der Waals surface area (Å²) >= 11 is -1.06. The standard InChI is InChI=1S/C7H5AsO3.Na/c9-7(10)5-1-3-6(8-11)4-2-5;/h1-4H,(H,9,10);/q;+1/p-1. The second-order valence-corrected chi connectivity index (χ2v) is 3.39. The van der Waals surface area contributed by atoms with E-state index in [2.05, 4.69) is 0 Å². The monoisotopic (exact) mass is 234 g/mol. The van der Waals surface area contributed by atoms with Crippen LogP contribution in [0.5, 0.6) is 0 Å². The van der Waals surface area contributed by atoms with E-state index in [9.17, 15) is 13.6 Å². The van der Waals surface area contributed by atoms with Gasteiger partial charge in [-0.15, -0.1) is 0 Å². The van der Waals surface area contributed by atoms with E-state index in [1.165, 1.54) is 24.3 Å². The van der Waals surface area contributed by atoms with Crippen LogP contribution in [0, 0.1) is 0 Å². The van der Waals surface area contributed by atoms with Crippen LogP contribution < -0.4 is 39.0 Å². The van der Waals surface area contributed by atoms with Gasteiger partial charge in [-0.2, -0.15) is 0 Å². The summed E-state index contributed by atoms with van der Waals surface area (Å²) in [5, 5.41) is 10.2. The average Bonchev–Trinajstić information content (AvgIpc) is 2.05. The topological polar surface area (TPSA) is 57.2 Å². The largest absolute Gasteiger partial charge is 1.00 e. The van der Waals surface area contributed by atoms with E-state index < -0.39 is 21.7 Å². The number of hydrogen-bond acceptors (Lipinski definition) is 3. The third kappa shape index (κ3) is 3.19. The fraction of sp³-hybridized carbons (Fsp3) is 0. The first kappa shape index (κ1) is 12.0. The number of carboxylic acids is 1. The van der Waals surface area contributed by atoms with Gasteiger partial charge in [0.15, 0.2) is 0 Å². The number of carbonyl (C=O) groups is 1. The molecule has 0 saturated heterocycles. The Hall–Kier alpha value is 0.0484. The molecule has 0 aliphatic heterocycles. The Morgan fingerprint density at radius 1 is 1.25 bits per heavy atom. The van der Waals surface area contributed by atoms with Gasteiger partial charge in [-0.3, -0.25) is 0 Å². The SMILES string of the molecule is O=[As]c1ccc(C(=O)[O-])cc1.[Na+]. The van der Waals surface area contributed by atoms with Crippen molar-refractivity contribution < 1.29 is 43.2 Å². The average molecular weight is 234 g/mol. The van der Waals surface area contributed by atoms with Crippen LogP contribution >= 0.6 is 0 Å². The molecule has 0 unspecified atom stereocenters. The molecule has 0 aromatic heterocycles. The summed E-state index contributed by atoms with van der Waals surface area (Å²) in [6, 6.07) is 5.83. The number of aromatic carboxylic acids is 1. The molecule has 0 heterocycles. The maximum atomic E-state index is 10.3. The molecule has 0 spiro atoms. The molecule has 1 aromatic rings. The van der Waals surface area contributed by atoms with Gasteiger partial charge >= 0.3 is 99.0 Å². The number of benzene rings is 1. The Morgan fingerprint density at radius 2 is 1.75 bits per heavy atom. The molecule has 3 nitrogen and oxygen atoms in total. The molecule has 0 N–H and O–H groups in total. The predicted octanol–water partition coefficient (Wildman–Crippen LogP) is -4.27. The van der Waals surface area contributed by atoms with Gasteiger partial charge in [-0.25, -0.2) is 0 Å². The van der Waals surface area contributed by atoms with Crippen LogP contribution in [0.15, 0.2) is 24.3 Å². The first-order valence-corrected chi connectivity index (χ1v) is 4.59. The van der Waals surface area contributed by atoms with Gasteiger partial charge in [0.05, 0.1) is 0 Å². The maximum Gasteiger partial charge on any atom is 1.00 e. The van der Waals surface area contributed by atoms with Crippen molar-refractivity contribution in [3.63, 3.8) is 0 Å². The van der Waals surface area contributed by atoms with Crippen molar-refractivity contribution in [3.05, 3.63) is 29.8 Å². The second kappa shape index (κ2) is 5.65. The summed E-state index contributed by atoms with van der Waals surface area (Å²) in [5.41, 5.74) is 0.114. The van der Waals surface area contributed by atoms with E-state index in [-0.39, 0.29) is 35.1 Å². The van der Waals surface area contributed by atoms with Gasteiger partial charge in [0.1, 0.15) is 0 Å². The number of hydrogen-bond donors (Lipinski definition) is 0. The van der Waals surface area contributed by atoms with Crippen molar-refractivity contribution in [1.82, 2.24) is 0 Å². The normalized spacial score (nSPS) is 9.00. The summed E-state index contributed by atoms with van der Waals surface area (Å²) in [6.45, 7) is 0. The molecule has 0 atom stereocenters. The zero-order valence-electron chi connectivity index (χ0n) is 6.48. The van der Waals surface area contributed by atoms with Crippen LogP contribution in [0.2, 0.25) is 0 Å². The summed E-state index contributed by atoms with van der Waals surface area (Å²) in [7, 11) is 0. The zero-order chi connectivity index (χ0) is 8.27. The van der Waals surface area contributed by atoms with Gasteiger partial charge in [0.25, 0.3) is 0 Å². The van der Waals surface area contributed by atoms with E-state index in [1.54, 1.807) is 0 Å². The fourth-order valence-corrected chi connectivity index (χ4v) is 1.23. The molecule has 0 aliphatic carbocycles. The van der Waals surface area contributed by atoms with E-state index >= 15 is 0 Å². The van der Waals surface area contributed by atoms with Crippen molar-refractivity contribution in [3.8, 4) is 0 Å². The van der Waals surface area contributed by atoms with Gasteiger partial charge < -0.3 is 0 Å². The van der Waals surface area contributed by atoms with Crippen molar-refractivity contribution in [2.75, 3.05) is 0 Å². The molecule has 12 heavy (non-hydrogen) atoms. The minimum atomic E-state index is -1.21. The Labute approximate surface area is 98.4 Å². The summed E-state index contributed by atoms with van der Waals surface area (Å²) in [4.78, 5) is 10.2. The van der Waals surface area contributed by atoms with Gasteiger partial charge in [0, 0.05) is 0 Å². The van der Waals surface area contributed by atoms with E-state index in [0.717, 1.165) is 0 Å². The van der Waals surface area contributed by atoms with Crippen LogP contribution in [0.3, 0.4) is 0 Å². The molecule has 0 fully saturated rings. The van der Waals surface area contributed by atoms with E-state index in [1.807, 2.05) is 0 Å². The second-order valence-electron chi connectivity index (χ2n) is 1.93. The Bertz CT molecular complexity index is 283. The van der Waals surface area contributed by atoms with Crippen molar-refractivity contribution in [2.24, 2.45) is 0 Å². The molecule has 1 rings (SSSR count). The van der Waals surface area contributed by atoms with Crippen LogP contribution in [0.25, 0.3) is 0 Å². The van der Waals surface area contributed by atoms with Gasteiger partial charge in [-0.05, 0) is 0 Å². The molecule has 1 aromatic carbocycles. The van der Waals surface area contributed by atoms with Crippen LogP contribution in [0.4, 0.5) is 0 Å². The Morgan fingerprint density at radius 3 is 2.08 bits per heavy atom. The fourth-order valence-electron chi connectivity index (χ4n) is 0.658. The third-order valence-corrected chi connectivity index (χ3v) is 2.28. The Balaban J connectivity index is 0.00000121. The molecule has 0 saturated carbocycles. The van der Waals surface area contributed by atoms with Crippen molar-refractivity contribution in [1.29, 1.82) is 0 Å². The van der Waals surface area contributed by atoms with E-state index in [0.29, 0.717) is 4.35 Å². The zero-order valence-corrected chi connectivity index (χ0v) is 10.4. The predicted molar refractivity (Wildman–Crippen MR) is 36.8 cm³/mol. The molecule has 0 amide bonds. The first-order chi connectivity index (χ1) is 5.24. The smallest absolute Gasteiger partial charge is 1.00 e. The number of rotatable bonds is 2. The van der Waals surface area contributed by atoms with Crippen molar-refractivity contribution in [2.45, 2.75) is 0 Å². The summed E-state index contributed by atoms with van der Waals surface area (Å²) in [6.07, 6.45) is 0. The third-order valence-electron chi connectivity index (χ3n) is 1.21. The van der Waals surface area contributed by atoms with Crippen molar-refractivity contribution >= 4 is 26.0 Å². The molecule has 0 radical (unpaired) electrons. The molecule has 5 heteroatoms. The molecule has 0 bridgehead atoms. The first-order valence-electron chi connectivity index (χ1n) is 2.89. The molecular weight excluding hydrogens is 230 g/mol. The minimum Gasteiger partial charge on any atom is 1.00 e. The van der Waals surface area contributed by atoms with Crippen LogP contribution in [0.1, 0.15) is 10.4 Å². The molecule has 56 valence electrons. The molecule has 0 aliphatic rings. The summed E-state index contributed by atoms with van der Waals surface area (Å²) in [5.74, 6) is -1.21. The molecular formula is C7H4AsNaO3. The number of carboxylic acid groups (broad SMARTS) is 1. The van der Waals surface area contributed by atoms with Crippen LogP contribution in [-0.4, -0.2) is 21.7 Å². The summed E-state index contributed by atoms with van der Waals surface area (Å²) < 4.78 is 11.0. The van der Waals surface area contributed by atoms with Gasteiger partial charge in [0.2, 0.25) is 0 Å². The van der Waals surface area contributed by atoms with Crippen LogP contribution in [-0.2, 0) is 3.74 Å². The van der Waals surface area contributed by atoms with E-state index in [4.69, 9.17) is 0 Å². The number of carbonyl (C=O) groups excluding carboxylic acids is 1. The Kier molecular flexibility index (Phi) is 5.68. The van der Waals surface area contributed by atoms with Gasteiger partial charge in [-0.1, -0.05) is 0 Å². The maximum absolute atomic E-state index is 10.3. The quantitative estimate of drug-likeness (QED) is 0.487.